The standard InChI is InChI=1S/C14H23N3O2/c1-15-9-8-14(18)16-12-4-6-13(7-5-12)19-11-10-17(2)3/h4-7,15H,8-11H2,1-3H3,(H,16,18). The summed E-state index contributed by atoms with van der Waals surface area (Å²) >= 11 is 0. The number of hydrogen-bond donors (Lipinski definition) is 2. The van der Waals surface area contributed by atoms with Crippen molar-refractivity contribution in [1.82, 2.24) is 10.2 Å². The number of rotatable bonds is 8. The first-order chi connectivity index (χ1) is 9.11. The summed E-state index contributed by atoms with van der Waals surface area (Å²) in [6.07, 6.45) is 0.470. The van der Waals surface area contributed by atoms with Crippen LogP contribution in [0.3, 0.4) is 0 Å². The molecule has 19 heavy (non-hydrogen) atoms. The molecular weight excluding hydrogens is 242 g/mol. The Hall–Kier alpha value is -1.59. The van der Waals surface area contributed by atoms with Gasteiger partial charge in [0.2, 0.25) is 5.91 Å². The SMILES string of the molecule is CNCCC(=O)Nc1ccc(OCCN(C)C)cc1. The van der Waals surface area contributed by atoms with E-state index in [9.17, 15) is 4.79 Å². The lowest BCUT2D eigenvalue weighted by molar-refractivity contribution is -0.116. The second kappa shape index (κ2) is 8.50. The lowest BCUT2D eigenvalue weighted by Crippen LogP contribution is -2.19. The van der Waals surface area contributed by atoms with Gasteiger partial charge in [-0.25, -0.2) is 0 Å². The normalized spacial score (nSPS) is 10.5. The third kappa shape index (κ3) is 6.79. The number of anilines is 1. The first-order valence-electron chi connectivity index (χ1n) is 6.44. The number of hydrogen-bond acceptors (Lipinski definition) is 4. The largest absolute Gasteiger partial charge is 0.492 e. The Morgan fingerprint density at radius 2 is 1.95 bits per heavy atom. The summed E-state index contributed by atoms with van der Waals surface area (Å²) in [5.41, 5.74) is 0.793. The van der Waals surface area contributed by atoms with Crippen LogP contribution in [0.15, 0.2) is 24.3 Å². The van der Waals surface area contributed by atoms with E-state index in [0.29, 0.717) is 19.6 Å². The predicted molar refractivity (Wildman–Crippen MR) is 77.7 cm³/mol. The van der Waals surface area contributed by atoms with E-state index in [1.165, 1.54) is 0 Å². The van der Waals surface area contributed by atoms with Crippen molar-refractivity contribution in [2.24, 2.45) is 0 Å². The molecule has 0 heterocycles. The van der Waals surface area contributed by atoms with Crippen molar-refractivity contribution in [3.63, 3.8) is 0 Å². The van der Waals surface area contributed by atoms with Gasteiger partial charge >= 0.3 is 0 Å². The maximum Gasteiger partial charge on any atom is 0.225 e. The van der Waals surface area contributed by atoms with Gasteiger partial charge in [0, 0.05) is 25.2 Å². The Balaban J connectivity index is 2.36. The van der Waals surface area contributed by atoms with Crippen LogP contribution in [0.4, 0.5) is 5.69 Å². The molecule has 0 aliphatic carbocycles. The van der Waals surface area contributed by atoms with Gasteiger partial charge in [-0.2, -0.15) is 0 Å². The van der Waals surface area contributed by atoms with Crippen molar-refractivity contribution in [1.29, 1.82) is 0 Å². The monoisotopic (exact) mass is 265 g/mol. The molecule has 1 rings (SSSR count). The Kier molecular flexibility index (Phi) is 6.92. The molecule has 0 saturated carbocycles. The Morgan fingerprint density at radius 1 is 1.26 bits per heavy atom. The Morgan fingerprint density at radius 3 is 2.53 bits per heavy atom. The average Bonchev–Trinajstić information content (AvgIpc) is 2.38. The molecule has 1 aromatic rings. The second-order valence-corrected chi connectivity index (χ2v) is 4.58. The summed E-state index contributed by atoms with van der Waals surface area (Å²) in [6.45, 7) is 2.21. The first kappa shape index (κ1) is 15.5. The smallest absolute Gasteiger partial charge is 0.225 e. The molecule has 0 bridgehead atoms. The molecule has 1 amide bonds. The van der Waals surface area contributed by atoms with Gasteiger partial charge in [0.1, 0.15) is 12.4 Å². The minimum Gasteiger partial charge on any atom is -0.492 e. The molecule has 0 radical (unpaired) electrons. The summed E-state index contributed by atoms with van der Waals surface area (Å²) in [6, 6.07) is 7.43. The summed E-state index contributed by atoms with van der Waals surface area (Å²) in [7, 11) is 5.84. The fourth-order valence-electron chi connectivity index (χ4n) is 1.44. The number of likely N-dealkylation sites (N-methyl/N-ethyl adjacent to an activating group) is 1. The van der Waals surface area contributed by atoms with Gasteiger partial charge in [-0.3, -0.25) is 4.79 Å². The zero-order chi connectivity index (χ0) is 14.1. The third-order valence-corrected chi connectivity index (χ3v) is 2.55. The maximum absolute atomic E-state index is 11.5. The number of carbonyl (C=O) groups is 1. The van der Waals surface area contributed by atoms with Crippen molar-refractivity contribution < 1.29 is 9.53 Å². The second-order valence-electron chi connectivity index (χ2n) is 4.58. The van der Waals surface area contributed by atoms with E-state index in [-0.39, 0.29) is 5.91 Å². The number of amides is 1. The zero-order valence-electron chi connectivity index (χ0n) is 11.9. The minimum absolute atomic E-state index is 0.00984. The minimum atomic E-state index is 0.00984. The van der Waals surface area contributed by atoms with Crippen molar-refractivity contribution in [3.8, 4) is 5.75 Å². The molecule has 0 saturated heterocycles. The number of nitrogens with one attached hydrogen (secondary N) is 2. The van der Waals surface area contributed by atoms with Gasteiger partial charge < -0.3 is 20.3 Å². The molecule has 1 aromatic carbocycles. The van der Waals surface area contributed by atoms with Gasteiger partial charge in [0.25, 0.3) is 0 Å². The maximum atomic E-state index is 11.5. The van der Waals surface area contributed by atoms with Crippen LogP contribution in [0, 0.1) is 0 Å². The molecule has 0 aliphatic heterocycles. The predicted octanol–water partition coefficient (Wildman–Crippen LogP) is 1.17. The molecule has 0 aromatic heterocycles. The lowest BCUT2D eigenvalue weighted by Gasteiger charge is -2.11. The molecular formula is C14H23N3O2. The quantitative estimate of drug-likeness (QED) is 0.741. The van der Waals surface area contributed by atoms with E-state index >= 15 is 0 Å². The molecule has 2 N–H and O–H groups in total. The van der Waals surface area contributed by atoms with Crippen LogP contribution in [0.5, 0.6) is 5.75 Å². The van der Waals surface area contributed by atoms with E-state index in [2.05, 4.69) is 15.5 Å². The van der Waals surface area contributed by atoms with Crippen LogP contribution in [0.1, 0.15) is 6.42 Å². The average molecular weight is 265 g/mol. The van der Waals surface area contributed by atoms with Crippen molar-refractivity contribution in [2.45, 2.75) is 6.42 Å². The van der Waals surface area contributed by atoms with Crippen LogP contribution in [0.25, 0.3) is 0 Å². The van der Waals surface area contributed by atoms with Gasteiger partial charge in [-0.15, -0.1) is 0 Å². The highest BCUT2D eigenvalue weighted by Gasteiger charge is 2.01. The first-order valence-corrected chi connectivity index (χ1v) is 6.44. The van der Waals surface area contributed by atoms with Crippen molar-refractivity contribution in [3.05, 3.63) is 24.3 Å². The van der Waals surface area contributed by atoms with E-state index in [1.54, 1.807) is 0 Å². The van der Waals surface area contributed by atoms with Crippen LogP contribution < -0.4 is 15.4 Å². The van der Waals surface area contributed by atoms with Crippen LogP contribution in [0.2, 0.25) is 0 Å². The zero-order valence-corrected chi connectivity index (χ0v) is 11.9. The lowest BCUT2D eigenvalue weighted by atomic mass is 10.3. The molecule has 0 aliphatic rings. The number of nitrogens with zero attached hydrogens (tertiary/aromatic N) is 1. The van der Waals surface area contributed by atoms with E-state index < -0.39 is 0 Å². The van der Waals surface area contributed by atoms with Gasteiger partial charge in [-0.05, 0) is 45.4 Å². The van der Waals surface area contributed by atoms with E-state index in [4.69, 9.17) is 4.74 Å². The number of ether oxygens (including phenoxy) is 1. The van der Waals surface area contributed by atoms with Gasteiger partial charge in [0.05, 0.1) is 0 Å². The highest BCUT2D eigenvalue weighted by atomic mass is 16.5. The summed E-state index contributed by atoms with van der Waals surface area (Å²) < 4.78 is 5.58. The number of benzene rings is 1. The van der Waals surface area contributed by atoms with Gasteiger partial charge in [0.15, 0.2) is 0 Å². The van der Waals surface area contributed by atoms with Gasteiger partial charge in [-0.1, -0.05) is 0 Å². The summed E-state index contributed by atoms with van der Waals surface area (Å²) in [5, 5.41) is 5.78. The molecule has 5 heteroatoms. The molecule has 5 nitrogen and oxygen atoms in total. The summed E-state index contributed by atoms with van der Waals surface area (Å²) in [4.78, 5) is 13.6. The van der Waals surface area contributed by atoms with Crippen LogP contribution >= 0.6 is 0 Å². The topological polar surface area (TPSA) is 53.6 Å². The molecule has 0 fully saturated rings. The summed E-state index contributed by atoms with van der Waals surface area (Å²) in [5.74, 6) is 0.825. The Labute approximate surface area is 114 Å². The van der Waals surface area contributed by atoms with Crippen LogP contribution in [-0.4, -0.2) is 51.6 Å². The molecule has 106 valence electrons. The fourth-order valence-corrected chi connectivity index (χ4v) is 1.44. The third-order valence-electron chi connectivity index (χ3n) is 2.55. The molecule has 0 spiro atoms. The van der Waals surface area contributed by atoms with Crippen molar-refractivity contribution >= 4 is 11.6 Å². The highest BCUT2D eigenvalue weighted by molar-refractivity contribution is 5.90. The Bertz CT molecular complexity index is 377. The highest BCUT2D eigenvalue weighted by Crippen LogP contribution is 2.15. The molecule has 0 unspecified atom stereocenters. The molecule has 0 atom stereocenters. The fraction of sp³-hybridized carbons (Fsp3) is 0.500. The van der Waals surface area contributed by atoms with Crippen LogP contribution in [-0.2, 0) is 4.79 Å². The van der Waals surface area contributed by atoms with E-state index in [1.807, 2.05) is 45.4 Å². The number of carbonyl (C=O) groups excluding carboxylic acids is 1. The van der Waals surface area contributed by atoms with Crippen molar-refractivity contribution in [2.75, 3.05) is 46.2 Å². The van der Waals surface area contributed by atoms with E-state index in [0.717, 1.165) is 18.0 Å².